The zero-order chi connectivity index (χ0) is 28.3. The van der Waals surface area contributed by atoms with E-state index in [9.17, 15) is 9.59 Å². The molecule has 0 aliphatic heterocycles. The average Bonchev–Trinajstić information content (AvgIpc) is 3.34. The van der Waals surface area contributed by atoms with Gasteiger partial charge in [0.15, 0.2) is 0 Å². The van der Waals surface area contributed by atoms with E-state index in [1.807, 2.05) is 36.4 Å². The molecule has 0 fully saturated rings. The number of anilines is 3. The molecule has 0 saturated carbocycles. The van der Waals surface area contributed by atoms with Gasteiger partial charge >= 0.3 is 6.03 Å². The first kappa shape index (κ1) is 26.4. The van der Waals surface area contributed by atoms with Crippen LogP contribution in [-0.4, -0.2) is 31.7 Å². The van der Waals surface area contributed by atoms with Crippen LogP contribution in [0.5, 0.6) is 11.5 Å². The Labute approximate surface area is 231 Å². The van der Waals surface area contributed by atoms with Crippen LogP contribution in [0.4, 0.5) is 22.1 Å². The highest BCUT2D eigenvalue weighted by Crippen LogP contribution is 2.28. The molecule has 3 N–H and O–H groups in total. The van der Waals surface area contributed by atoms with Crippen LogP contribution in [0, 0.1) is 0 Å². The molecule has 5 rings (SSSR count). The second kappa shape index (κ2) is 10.9. The van der Waals surface area contributed by atoms with Gasteiger partial charge in [-0.3, -0.25) is 15.1 Å². The Bertz CT molecular complexity index is 1690. The van der Waals surface area contributed by atoms with Crippen LogP contribution in [0.1, 0.15) is 33.4 Å². The lowest BCUT2D eigenvalue weighted by Gasteiger charge is -2.14. The van der Waals surface area contributed by atoms with Crippen molar-refractivity contribution in [2.75, 3.05) is 16.0 Å². The van der Waals surface area contributed by atoms with E-state index >= 15 is 0 Å². The molecule has 0 bridgehead atoms. The number of nitrogens with one attached hydrogen (secondary N) is 3. The predicted octanol–water partition coefficient (Wildman–Crippen LogP) is 6.51. The Morgan fingerprint density at radius 3 is 2.38 bits per heavy atom. The number of pyridine rings is 2. The summed E-state index contributed by atoms with van der Waals surface area (Å²) in [6, 6.07) is 21.5. The van der Waals surface area contributed by atoms with Crippen LogP contribution in [0.15, 0.2) is 85.2 Å². The van der Waals surface area contributed by atoms with Crippen molar-refractivity contribution >= 4 is 40.2 Å². The van der Waals surface area contributed by atoms with Crippen molar-refractivity contribution in [3.63, 3.8) is 0 Å². The molecule has 0 aliphatic rings. The number of nitrogens with zero attached hydrogens (tertiary/aromatic N) is 4. The van der Waals surface area contributed by atoms with E-state index in [-0.39, 0.29) is 11.3 Å². The van der Waals surface area contributed by atoms with Crippen LogP contribution in [0.25, 0.3) is 16.6 Å². The molecule has 0 unspecified atom stereocenters. The fraction of sp³-hybridized carbons (Fsp3) is 0.167. The molecular formula is C30H29N7O3. The normalized spacial score (nSPS) is 11.2. The lowest BCUT2D eigenvalue weighted by molar-refractivity contribution is -0.114. The molecule has 3 heterocycles. The van der Waals surface area contributed by atoms with Gasteiger partial charge in [0, 0.05) is 47.9 Å². The minimum Gasteiger partial charge on any atom is -0.457 e. The molecule has 0 spiro atoms. The van der Waals surface area contributed by atoms with Crippen LogP contribution in [0.3, 0.4) is 0 Å². The maximum Gasteiger partial charge on any atom is 0.324 e. The second-order valence-electron chi connectivity index (χ2n) is 10.2. The van der Waals surface area contributed by atoms with Crippen molar-refractivity contribution in [2.45, 2.75) is 33.1 Å². The Balaban J connectivity index is 1.31. The Kier molecular flexibility index (Phi) is 7.15. The first-order valence-corrected chi connectivity index (χ1v) is 12.7. The van der Waals surface area contributed by atoms with E-state index in [1.54, 1.807) is 53.5 Å². The molecule has 0 saturated heterocycles. The number of carbonyl (C=O) groups is 2. The summed E-state index contributed by atoms with van der Waals surface area (Å²) in [5.41, 5.74) is 2.90. The minimum atomic E-state index is -0.410. The summed E-state index contributed by atoms with van der Waals surface area (Å²) in [5, 5.41) is 14.2. The molecule has 40 heavy (non-hydrogen) atoms. The Hall–Kier alpha value is -5.25. The third kappa shape index (κ3) is 6.24. The number of urea groups is 1. The van der Waals surface area contributed by atoms with Gasteiger partial charge in [0.2, 0.25) is 5.91 Å². The standard InChI is InChI=1S/C30H29N7O3/c1-19(38)33-27-17-24(13-15-32-27)40-23-10-7-21(8-11-23)34-29(39)35-28-18-26(30(2,3)4)36-37(28)22-9-12-25-20(16-22)6-5-14-31-25/h5-18H,1-4H3,(H,32,33,38)(H2,34,35,39). The molecule has 5 aromatic rings. The molecule has 202 valence electrons. The van der Waals surface area contributed by atoms with Gasteiger partial charge in [-0.25, -0.2) is 14.5 Å². The number of ether oxygens (including phenoxy) is 1. The van der Waals surface area contributed by atoms with Crippen molar-refractivity contribution in [1.82, 2.24) is 19.7 Å². The van der Waals surface area contributed by atoms with Crippen LogP contribution >= 0.6 is 0 Å². The van der Waals surface area contributed by atoms with Crippen LogP contribution in [-0.2, 0) is 10.2 Å². The van der Waals surface area contributed by atoms with Gasteiger partial charge in [0.25, 0.3) is 0 Å². The maximum absolute atomic E-state index is 13.0. The molecule has 10 heteroatoms. The number of hydrogen-bond donors (Lipinski definition) is 3. The van der Waals surface area contributed by atoms with Gasteiger partial charge < -0.3 is 15.4 Å². The van der Waals surface area contributed by atoms with Gasteiger partial charge in [0.05, 0.1) is 16.9 Å². The number of rotatable bonds is 6. The molecule has 0 aliphatic carbocycles. The van der Waals surface area contributed by atoms with Crippen molar-refractivity contribution in [3.05, 3.63) is 90.9 Å². The van der Waals surface area contributed by atoms with Crippen LogP contribution < -0.4 is 20.7 Å². The predicted molar refractivity (Wildman–Crippen MR) is 155 cm³/mol. The fourth-order valence-corrected chi connectivity index (χ4v) is 3.97. The summed E-state index contributed by atoms with van der Waals surface area (Å²) in [6.07, 6.45) is 3.30. The quantitative estimate of drug-likeness (QED) is 0.228. The molecule has 10 nitrogen and oxygen atoms in total. The van der Waals surface area contributed by atoms with E-state index in [0.717, 1.165) is 22.3 Å². The lowest BCUT2D eigenvalue weighted by Crippen LogP contribution is -2.21. The summed E-state index contributed by atoms with van der Waals surface area (Å²) in [5.74, 6) is 1.80. The van der Waals surface area contributed by atoms with E-state index in [0.29, 0.717) is 28.8 Å². The van der Waals surface area contributed by atoms with Gasteiger partial charge in [0.1, 0.15) is 23.1 Å². The topological polar surface area (TPSA) is 123 Å². The highest BCUT2D eigenvalue weighted by atomic mass is 16.5. The highest BCUT2D eigenvalue weighted by Gasteiger charge is 2.22. The molecular weight excluding hydrogens is 506 g/mol. The summed E-state index contributed by atoms with van der Waals surface area (Å²) in [6.45, 7) is 7.63. The largest absolute Gasteiger partial charge is 0.457 e. The Morgan fingerprint density at radius 1 is 0.825 bits per heavy atom. The highest BCUT2D eigenvalue weighted by molar-refractivity contribution is 5.99. The average molecular weight is 536 g/mol. The number of carbonyl (C=O) groups excluding carboxylic acids is 2. The maximum atomic E-state index is 13.0. The smallest absolute Gasteiger partial charge is 0.324 e. The summed E-state index contributed by atoms with van der Waals surface area (Å²) in [7, 11) is 0. The molecule has 3 aromatic heterocycles. The number of benzene rings is 2. The van der Waals surface area contributed by atoms with E-state index in [4.69, 9.17) is 9.84 Å². The lowest BCUT2D eigenvalue weighted by atomic mass is 9.92. The monoisotopic (exact) mass is 535 g/mol. The third-order valence-corrected chi connectivity index (χ3v) is 5.93. The molecule has 0 radical (unpaired) electrons. The van der Waals surface area contributed by atoms with Gasteiger partial charge in [-0.2, -0.15) is 5.10 Å². The van der Waals surface area contributed by atoms with Crippen LogP contribution in [0.2, 0.25) is 0 Å². The number of amides is 3. The molecule has 2 aromatic carbocycles. The van der Waals surface area contributed by atoms with Gasteiger partial charge in [-0.15, -0.1) is 0 Å². The Morgan fingerprint density at radius 2 is 1.62 bits per heavy atom. The minimum absolute atomic E-state index is 0.217. The number of aromatic nitrogens is 4. The zero-order valence-corrected chi connectivity index (χ0v) is 22.6. The summed E-state index contributed by atoms with van der Waals surface area (Å²) in [4.78, 5) is 32.7. The summed E-state index contributed by atoms with van der Waals surface area (Å²) < 4.78 is 7.58. The second-order valence-corrected chi connectivity index (χ2v) is 10.2. The SMILES string of the molecule is CC(=O)Nc1cc(Oc2ccc(NC(=O)Nc3cc(C(C)(C)C)nn3-c3ccc4ncccc4c3)cc2)ccn1. The van der Waals surface area contributed by atoms with E-state index in [2.05, 4.69) is 46.7 Å². The van der Waals surface area contributed by atoms with Gasteiger partial charge in [-0.1, -0.05) is 26.8 Å². The van der Waals surface area contributed by atoms with Gasteiger partial charge in [-0.05, 0) is 54.6 Å². The first-order valence-electron chi connectivity index (χ1n) is 12.7. The van der Waals surface area contributed by atoms with E-state index in [1.165, 1.54) is 6.92 Å². The number of fused-ring (bicyclic) bond motifs is 1. The van der Waals surface area contributed by atoms with Crippen molar-refractivity contribution in [1.29, 1.82) is 0 Å². The third-order valence-electron chi connectivity index (χ3n) is 5.93. The first-order chi connectivity index (χ1) is 19.1. The van der Waals surface area contributed by atoms with Crippen molar-refractivity contribution < 1.29 is 14.3 Å². The fourth-order valence-electron chi connectivity index (χ4n) is 3.97. The molecule has 0 atom stereocenters. The zero-order valence-electron chi connectivity index (χ0n) is 22.6. The summed E-state index contributed by atoms with van der Waals surface area (Å²) >= 11 is 0. The van der Waals surface area contributed by atoms with Crippen molar-refractivity contribution in [3.8, 4) is 17.2 Å². The van der Waals surface area contributed by atoms with Crippen molar-refractivity contribution in [2.24, 2.45) is 0 Å². The number of hydrogen-bond acceptors (Lipinski definition) is 6. The molecule has 3 amide bonds. The van der Waals surface area contributed by atoms with E-state index < -0.39 is 6.03 Å².